The van der Waals surface area contributed by atoms with Gasteiger partial charge in [0.1, 0.15) is 4.90 Å². The van der Waals surface area contributed by atoms with Crippen molar-refractivity contribution in [2.45, 2.75) is 24.8 Å². The Kier molecular flexibility index (Phi) is 4.09. The van der Waals surface area contributed by atoms with Gasteiger partial charge in [0.2, 0.25) is 10.0 Å². The number of nitrogens with zero attached hydrogens (tertiary/aromatic N) is 4. The van der Waals surface area contributed by atoms with E-state index < -0.39 is 10.0 Å². The maximum Gasteiger partial charge on any atom is 0.246 e. The van der Waals surface area contributed by atoms with Crippen LogP contribution in [0.4, 0.5) is 5.82 Å². The zero-order valence-electron chi connectivity index (χ0n) is 11.4. The molecule has 0 spiro atoms. The van der Waals surface area contributed by atoms with Crippen molar-refractivity contribution in [3.05, 3.63) is 24.2 Å². The molecule has 0 amide bonds. The molecule has 0 aliphatic heterocycles. The molecular formula is C11H18N6O2S. The van der Waals surface area contributed by atoms with Gasteiger partial charge in [-0.05, 0) is 19.4 Å². The molecule has 0 aromatic carbocycles. The van der Waals surface area contributed by atoms with Crippen molar-refractivity contribution in [1.29, 1.82) is 0 Å². The molecular weight excluding hydrogens is 280 g/mol. The van der Waals surface area contributed by atoms with Crippen LogP contribution in [0.5, 0.6) is 0 Å². The van der Waals surface area contributed by atoms with Crippen molar-refractivity contribution in [3.63, 3.8) is 0 Å². The second kappa shape index (κ2) is 5.63. The Morgan fingerprint density at radius 1 is 1.45 bits per heavy atom. The maximum absolute atomic E-state index is 12.2. The number of rotatable bonds is 6. The third-order valence-electron chi connectivity index (χ3n) is 2.99. The molecule has 0 radical (unpaired) electrons. The minimum atomic E-state index is -3.63. The van der Waals surface area contributed by atoms with E-state index in [0.29, 0.717) is 25.2 Å². The summed E-state index contributed by atoms with van der Waals surface area (Å²) in [5, 5.41) is 7.95. The zero-order chi connectivity index (χ0) is 14.8. The van der Waals surface area contributed by atoms with Crippen LogP contribution in [0, 0.1) is 6.92 Å². The Bertz CT molecular complexity index is 674. The SMILES string of the molecule is Cc1c(S(=O)(=O)NCCCn2cccn2)c(N)nn1C. The lowest BCUT2D eigenvalue weighted by molar-refractivity contribution is 0.552. The molecule has 0 saturated carbocycles. The Balaban J connectivity index is 1.97. The van der Waals surface area contributed by atoms with Crippen LogP contribution in [-0.2, 0) is 23.6 Å². The monoisotopic (exact) mass is 298 g/mol. The first-order valence-corrected chi connectivity index (χ1v) is 7.66. The van der Waals surface area contributed by atoms with E-state index in [1.807, 2.05) is 12.3 Å². The summed E-state index contributed by atoms with van der Waals surface area (Å²) in [7, 11) is -1.97. The molecule has 20 heavy (non-hydrogen) atoms. The first kappa shape index (κ1) is 14.5. The van der Waals surface area contributed by atoms with E-state index in [4.69, 9.17) is 5.73 Å². The van der Waals surface area contributed by atoms with Gasteiger partial charge < -0.3 is 5.73 Å². The van der Waals surface area contributed by atoms with Gasteiger partial charge >= 0.3 is 0 Å². The molecule has 0 saturated heterocycles. The molecule has 0 unspecified atom stereocenters. The summed E-state index contributed by atoms with van der Waals surface area (Å²) in [6.07, 6.45) is 4.15. The molecule has 2 aromatic heterocycles. The Labute approximate surface area is 117 Å². The van der Waals surface area contributed by atoms with Crippen LogP contribution in [-0.4, -0.2) is 34.5 Å². The van der Waals surface area contributed by atoms with E-state index in [9.17, 15) is 8.42 Å². The van der Waals surface area contributed by atoms with Gasteiger partial charge in [-0.2, -0.15) is 10.2 Å². The molecule has 0 aliphatic rings. The van der Waals surface area contributed by atoms with Gasteiger partial charge in [-0.25, -0.2) is 13.1 Å². The Hall–Kier alpha value is -1.87. The van der Waals surface area contributed by atoms with Crippen molar-refractivity contribution in [2.24, 2.45) is 7.05 Å². The lowest BCUT2D eigenvalue weighted by Crippen LogP contribution is -2.26. The molecule has 2 heterocycles. The predicted molar refractivity (Wildman–Crippen MR) is 74.4 cm³/mol. The second-order valence-electron chi connectivity index (χ2n) is 4.44. The number of aryl methyl sites for hydroxylation is 2. The van der Waals surface area contributed by atoms with Crippen molar-refractivity contribution < 1.29 is 8.42 Å². The standard InChI is InChI=1S/C11H18N6O2S/c1-9-10(11(12)15-16(9)2)20(18,19)14-6-4-8-17-7-3-5-13-17/h3,5,7,14H,4,6,8H2,1-2H3,(H2,12,15). The normalized spacial score (nSPS) is 11.9. The van der Waals surface area contributed by atoms with E-state index in [-0.39, 0.29) is 10.7 Å². The number of hydrogen-bond donors (Lipinski definition) is 2. The predicted octanol–water partition coefficient (Wildman–Crippen LogP) is -0.124. The fourth-order valence-electron chi connectivity index (χ4n) is 1.90. The highest BCUT2D eigenvalue weighted by Gasteiger charge is 2.23. The topological polar surface area (TPSA) is 108 Å². The number of nitrogens with one attached hydrogen (secondary N) is 1. The maximum atomic E-state index is 12.2. The molecule has 2 aromatic rings. The summed E-state index contributed by atoms with van der Waals surface area (Å²) in [5.41, 5.74) is 6.16. The number of sulfonamides is 1. The van der Waals surface area contributed by atoms with Crippen molar-refractivity contribution in [1.82, 2.24) is 24.3 Å². The summed E-state index contributed by atoms with van der Waals surface area (Å²) in [4.78, 5) is 0.0547. The molecule has 0 aliphatic carbocycles. The number of nitrogens with two attached hydrogens (primary N) is 1. The molecule has 8 nitrogen and oxygen atoms in total. The van der Waals surface area contributed by atoms with Gasteiger partial charge in [0.25, 0.3) is 0 Å². The third-order valence-corrected chi connectivity index (χ3v) is 4.61. The van der Waals surface area contributed by atoms with Gasteiger partial charge in [-0.3, -0.25) is 9.36 Å². The molecule has 0 fully saturated rings. The number of aromatic nitrogens is 4. The molecule has 3 N–H and O–H groups in total. The summed E-state index contributed by atoms with van der Waals surface area (Å²) in [6.45, 7) is 2.63. The highest BCUT2D eigenvalue weighted by Crippen LogP contribution is 2.20. The second-order valence-corrected chi connectivity index (χ2v) is 6.15. The largest absolute Gasteiger partial charge is 0.381 e. The smallest absolute Gasteiger partial charge is 0.246 e. The van der Waals surface area contributed by atoms with E-state index in [1.165, 1.54) is 4.68 Å². The van der Waals surface area contributed by atoms with Crippen LogP contribution in [0.2, 0.25) is 0 Å². The first-order chi connectivity index (χ1) is 9.42. The summed E-state index contributed by atoms with van der Waals surface area (Å²) in [6, 6.07) is 1.82. The fraction of sp³-hybridized carbons (Fsp3) is 0.455. The Morgan fingerprint density at radius 2 is 2.20 bits per heavy atom. The quantitative estimate of drug-likeness (QED) is 0.723. The van der Waals surface area contributed by atoms with Crippen LogP contribution in [0.3, 0.4) is 0 Å². The highest BCUT2D eigenvalue weighted by molar-refractivity contribution is 7.89. The van der Waals surface area contributed by atoms with Crippen LogP contribution in [0.1, 0.15) is 12.1 Å². The molecule has 2 rings (SSSR count). The highest BCUT2D eigenvalue weighted by atomic mass is 32.2. The zero-order valence-corrected chi connectivity index (χ0v) is 12.3. The van der Waals surface area contributed by atoms with Gasteiger partial charge in [-0.1, -0.05) is 0 Å². The molecule has 110 valence electrons. The number of anilines is 1. The summed E-state index contributed by atoms with van der Waals surface area (Å²) >= 11 is 0. The third kappa shape index (κ3) is 2.99. The lowest BCUT2D eigenvalue weighted by atomic mass is 10.4. The van der Waals surface area contributed by atoms with Gasteiger partial charge in [0.15, 0.2) is 5.82 Å². The van der Waals surface area contributed by atoms with E-state index in [0.717, 1.165) is 0 Å². The average Bonchev–Trinajstić information content (AvgIpc) is 2.95. The minimum Gasteiger partial charge on any atom is -0.381 e. The van der Waals surface area contributed by atoms with Crippen LogP contribution >= 0.6 is 0 Å². The van der Waals surface area contributed by atoms with Crippen LogP contribution in [0.15, 0.2) is 23.4 Å². The van der Waals surface area contributed by atoms with Crippen molar-refractivity contribution >= 4 is 15.8 Å². The van der Waals surface area contributed by atoms with Gasteiger partial charge in [0.05, 0.1) is 5.69 Å². The van der Waals surface area contributed by atoms with E-state index in [2.05, 4.69) is 14.9 Å². The number of nitrogen functional groups attached to an aromatic ring is 1. The van der Waals surface area contributed by atoms with Crippen LogP contribution in [0.25, 0.3) is 0 Å². The summed E-state index contributed by atoms with van der Waals surface area (Å²) < 4.78 is 30.1. The first-order valence-electron chi connectivity index (χ1n) is 6.18. The van der Waals surface area contributed by atoms with Gasteiger partial charge in [0, 0.05) is 32.5 Å². The fourth-order valence-corrected chi connectivity index (χ4v) is 3.29. The summed E-state index contributed by atoms with van der Waals surface area (Å²) in [5.74, 6) is 0.0181. The Morgan fingerprint density at radius 3 is 2.75 bits per heavy atom. The molecule has 9 heteroatoms. The minimum absolute atomic E-state index is 0.0181. The van der Waals surface area contributed by atoms with Crippen molar-refractivity contribution in [3.8, 4) is 0 Å². The molecule has 0 bridgehead atoms. The van der Waals surface area contributed by atoms with Crippen LogP contribution < -0.4 is 10.5 Å². The van der Waals surface area contributed by atoms with E-state index >= 15 is 0 Å². The van der Waals surface area contributed by atoms with Crippen molar-refractivity contribution in [2.75, 3.05) is 12.3 Å². The number of hydrogen-bond acceptors (Lipinski definition) is 5. The van der Waals surface area contributed by atoms with Gasteiger partial charge in [-0.15, -0.1) is 0 Å². The lowest BCUT2D eigenvalue weighted by Gasteiger charge is -2.07. The van der Waals surface area contributed by atoms with E-state index in [1.54, 1.807) is 24.9 Å². The average molecular weight is 298 g/mol. The molecule has 0 atom stereocenters.